The van der Waals surface area contributed by atoms with Crippen molar-refractivity contribution in [1.29, 1.82) is 0 Å². The summed E-state index contributed by atoms with van der Waals surface area (Å²) in [7, 11) is 0. The molecule has 0 saturated carbocycles. The Morgan fingerprint density at radius 3 is 2.59 bits per heavy atom. The van der Waals surface area contributed by atoms with Gasteiger partial charge in [0.2, 0.25) is 0 Å². The first-order chi connectivity index (χ1) is 16.3. The Morgan fingerprint density at radius 1 is 1.15 bits per heavy atom. The summed E-state index contributed by atoms with van der Waals surface area (Å²) in [4.78, 5) is 36.2. The lowest BCUT2D eigenvalue weighted by Crippen LogP contribution is -2.40. The highest BCUT2D eigenvalue weighted by Gasteiger charge is 2.33. The van der Waals surface area contributed by atoms with Crippen LogP contribution < -0.4 is 10.5 Å². The largest absolute Gasteiger partial charge is 0.355 e. The van der Waals surface area contributed by atoms with Gasteiger partial charge in [-0.1, -0.05) is 70.1 Å². The molecule has 4 heterocycles. The highest BCUT2D eigenvalue weighted by Crippen LogP contribution is 2.34. The first-order valence-corrected chi connectivity index (χ1v) is 13.5. The monoisotopic (exact) mass is 498 g/mol. The fourth-order valence-electron chi connectivity index (χ4n) is 4.97. The molecule has 2 atom stereocenters. The van der Waals surface area contributed by atoms with Crippen LogP contribution in [0.4, 0.5) is 5.82 Å². The number of pyridine rings is 1. The van der Waals surface area contributed by atoms with Gasteiger partial charge in [0.25, 0.3) is 11.5 Å². The molecule has 2 saturated heterocycles. The molecule has 1 amide bonds. The number of piperidine rings is 1. The third-order valence-corrected chi connectivity index (χ3v) is 7.92. The van der Waals surface area contributed by atoms with Crippen molar-refractivity contribution in [1.82, 2.24) is 14.3 Å². The Hall–Kier alpha value is -2.19. The first kappa shape index (κ1) is 24.9. The van der Waals surface area contributed by atoms with Crippen molar-refractivity contribution >= 4 is 51.7 Å². The molecular weight excluding hydrogens is 464 g/mol. The lowest BCUT2D eigenvalue weighted by atomic mass is 9.91. The van der Waals surface area contributed by atoms with Gasteiger partial charge in [0.15, 0.2) is 0 Å². The number of thioether (sulfide) groups is 1. The van der Waals surface area contributed by atoms with Crippen LogP contribution in [0.5, 0.6) is 0 Å². The van der Waals surface area contributed by atoms with Crippen LogP contribution in [0.15, 0.2) is 28.0 Å². The van der Waals surface area contributed by atoms with Crippen molar-refractivity contribution in [3.8, 4) is 0 Å². The van der Waals surface area contributed by atoms with Gasteiger partial charge in [-0.2, -0.15) is 0 Å². The summed E-state index contributed by atoms with van der Waals surface area (Å²) >= 11 is 6.81. The number of anilines is 1. The minimum atomic E-state index is -0.150. The second kappa shape index (κ2) is 10.6. The molecule has 2 aromatic rings. The van der Waals surface area contributed by atoms with Gasteiger partial charge in [0.1, 0.15) is 15.8 Å². The molecule has 0 unspecified atom stereocenters. The Balaban J connectivity index is 1.75. The second-order valence-electron chi connectivity index (χ2n) is 9.83. The van der Waals surface area contributed by atoms with E-state index in [9.17, 15) is 9.59 Å². The fourth-order valence-corrected chi connectivity index (χ4v) is 6.26. The summed E-state index contributed by atoms with van der Waals surface area (Å²) in [6.07, 6.45) is 9.02. The molecule has 2 aliphatic heterocycles. The molecule has 182 valence electrons. The van der Waals surface area contributed by atoms with E-state index in [0.29, 0.717) is 44.6 Å². The molecule has 0 spiro atoms. The van der Waals surface area contributed by atoms with E-state index in [1.165, 1.54) is 11.8 Å². The van der Waals surface area contributed by atoms with Crippen LogP contribution in [0.3, 0.4) is 0 Å². The maximum absolute atomic E-state index is 13.7. The molecule has 2 fully saturated rings. The molecule has 0 bridgehead atoms. The molecule has 0 aromatic carbocycles. The number of carbonyl (C=O) groups is 1. The minimum absolute atomic E-state index is 0.105. The van der Waals surface area contributed by atoms with Crippen LogP contribution in [0.1, 0.15) is 64.0 Å². The van der Waals surface area contributed by atoms with Gasteiger partial charge >= 0.3 is 0 Å². The van der Waals surface area contributed by atoms with E-state index in [0.717, 1.165) is 50.8 Å². The summed E-state index contributed by atoms with van der Waals surface area (Å²) in [6, 6.07) is 3.85. The second-order valence-corrected chi connectivity index (χ2v) is 11.5. The number of thiocarbonyl (C=S) groups is 1. The minimum Gasteiger partial charge on any atom is -0.355 e. The molecule has 2 aliphatic rings. The molecule has 4 rings (SSSR count). The highest BCUT2D eigenvalue weighted by molar-refractivity contribution is 8.26. The molecule has 8 heteroatoms. The number of aromatic nitrogens is 2. The van der Waals surface area contributed by atoms with E-state index in [2.05, 4.69) is 25.7 Å². The molecule has 0 radical (unpaired) electrons. The average Bonchev–Trinajstić information content (AvgIpc) is 3.05. The van der Waals surface area contributed by atoms with Crippen molar-refractivity contribution in [2.24, 2.45) is 11.8 Å². The van der Waals surface area contributed by atoms with Crippen molar-refractivity contribution in [2.75, 3.05) is 24.5 Å². The summed E-state index contributed by atoms with van der Waals surface area (Å²) in [6.45, 7) is 10.9. The summed E-state index contributed by atoms with van der Waals surface area (Å²) in [5, 5.41) is 0. The van der Waals surface area contributed by atoms with Crippen molar-refractivity contribution in [3.05, 3.63) is 44.7 Å². The molecule has 6 nitrogen and oxygen atoms in total. The highest BCUT2D eigenvalue weighted by atomic mass is 32.2. The average molecular weight is 499 g/mol. The molecule has 0 N–H and O–H groups in total. The maximum atomic E-state index is 13.7. The predicted octanol–water partition coefficient (Wildman–Crippen LogP) is 5.27. The van der Waals surface area contributed by atoms with Crippen LogP contribution in [0, 0.1) is 18.8 Å². The van der Waals surface area contributed by atoms with E-state index in [1.54, 1.807) is 15.4 Å². The predicted molar refractivity (Wildman–Crippen MR) is 145 cm³/mol. The Bertz CT molecular complexity index is 1180. The van der Waals surface area contributed by atoms with Gasteiger partial charge in [-0.25, -0.2) is 4.98 Å². The van der Waals surface area contributed by atoms with Crippen LogP contribution in [-0.4, -0.2) is 44.1 Å². The van der Waals surface area contributed by atoms with E-state index in [4.69, 9.17) is 17.2 Å². The quantitative estimate of drug-likeness (QED) is 0.295. The Kier molecular flexibility index (Phi) is 7.77. The number of rotatable bonds is 7. The summed E-state index contributed by atoms with van der Waals surface area (Å²) < 4.78 is 2.16. The number of hydrogen-bond donors (Lipinski definition) is 0. The van der Waals surface area contributed by atoms with Crippen LogP contribution in [-0.2, 0) is 4.79 Å². The Morgan fingerprint density at radius 2 is 1.88 bits per heavy atom. The number of amides is 1. The number of nitrogens with zero attached hydrogens (tertiary/aromatic N) is 4. The van der Waals surface area contributed by atoms with Crippen LogP contribution >= 0.6 is 24.0 Å². The number of hydrogen-bond acceptors (Lipinski definition) is 6. The molecule has 34 heavy (non-hydrogen) atoms. The smallest absolute Gasteiger partial charge is 0.267 e. The standard InChI is InChI=1S/C26H34N4O2S2/c1-5-6-7-8-11-29-25(32)21(34-26(29)33)13-20-23(28-14-18(3)12-19(4)15-28)27-22-10-9-17(2)16-30(22)24(20)31/h9-10,13,16,18-19H,5-8,11-12,14-15H2,1-4H3/b21-13+/t18-,19-/m1/s1. The van der Waals surface area contributed by atoms with Crippen molar-refractivity contribution in [2.45, 2.75) is 59.8 Å². The maximum Gasteiger partial charge on any atom is 0.267 e. The summed E-state index contributed by atoms with van der Waals surface area (Å²) in [5.74, 6) is 1.58. The van der Waals surface area contributed by atoms with E-state index < -0.39 is 0 Å². The van der Waals surface area contributed by atoms with Gasteiger partial charge in [-0.05, 0) is 49.3 Å². The van der Waals surface area contributed by atoms with E-state index in [1.807, 2.05) is 25.3 Å². The van der Waals surface area contributed by atoms with Crippen LogP contribution in [0.25, 0.3) is 11.7 Å². The van der Waals surface area contributed by atoms with Gasteiger partial charge in [-0.15, -0.1) is 0 Å². The van der Waals surface area contributed by atoms with Gasteiger partial charge < -0.3 is 4.90 Å². The summed E-state index contributed by atoms with van der Waals surface area (Å²) in [5.41, 5.74) is 1.92. The zero-order valence-corrected chi connectivity index (χ0v) is 22.2. The molecule has 0 aliphatic carbocycles. The number of unbranched alkanes of at least 4 members (excludes halogenated alkanes) is 3. The van der Waals surface area contributed by atoms with E-state index in [-0.39, 0.29) is 11.5 Å². The topological polar surface area (TPSA) is 57.9 Å². The lowest BCUT2D eigenvalue weighted by Gasteiger charge is -2.36. The number of aryl methyl sites for hydroxylation is 1. The molecule has 2 aromatic heterocycles. The van der Waals surface area contributed by atoms with Crippen LogP contribution in [0.2, 0.25) is 0 Å². The van der Waals surface area contributed by atoms with Gasteiger partial charge in [0.05, 0.1) is 10.5 Å². The number of fused-ring (bicyclic) bond motifs is 1. The van der Waals surface area contributed by atoms with Gasteiger partial charge in [0, 0.05) is 25.8 Å². The first-order valence-electron chi connectivity index (χ1n) is 12.3. The fraction of sp³-hybridized carbons (Fsp3) is 0.538. The zero-order chi connectivity index (χ0) is 24.4. The van der Waals surface area contributed by atoms with Crippen molar-refractivity contribution in [3.63, 3.8) is 0 Å². The zero-order valence-electron chi connectivity index (χ0n) is 20.5. The Labute approximate surface area is 211 Å². The molecular formula is C26H34N4O2S2. The third-order valence-electron chi connectivity index (χ3n) is 6.54. The SMILES string of the molecule is CCCCCCN1C(=O)/C(=C\c2c(N3C[C@H](C)C[C@@H](C)C3)nc3ccc(C)cn3c2=O)SC1=S. The third kappa shape index (κ3) is 5.23. The van der Waals surface area contributed by atoms with Gasteiger partial charge in [-0.3, -0.25) is 18.9 Å². The number of carbonyl (C=O) groups excluding carboxylic acids is 1. The normalized spacial score (nSPS) is 22.4. The van der Waals surface area contributed by atoms with Crippen molar-refractivity contribution < 1.29 is 4.79 Å². The lowest BCUT2D eigenvalue weighted by molar-refractivity contribution is -0.122. The van der Waals surface area contributed by atoms with E-state index >= 15 is 0 Å².